The van der Waals surface area contributed by atoms with Gasteiger partial charge in [0.25, 0.3) is 0 Å². The van der Waals surface area contributed by atoms with Crippen molar-refractivity contribution in [1.82, 2.24) is 0 Å². The minimum atomic E-state index is -2.17. The van der Waals surface area contributed by atoms with Gasteiger partial charge in [-0.1, -0.05) is 79.2 Å². The quantitative estimate of drug-likeness (QED) is 0.212. The molecule has 1 aliphatic heterocycles. The molecule has 50 heavy (non-hydrogen) atoms. The third kappa shape index (κ3) is 12.6. The summed E-state index contributed by atoms with van der Waals surface area (Å²) < 4.78 is 25.0. The number of nitrogens with zero attached hydrogens (tertiary/aromatic N) is 1. The lowest BCUT2D eigenvalue weighted by Gasteiger charge is -2.41. The van der Waals surface area contributed by atoms with Crippen LogP contribution in [0, 0.1) is 46.8 Å². The van der Waals surface area contributed by atoms with Crippen molar-refractivity contribution < 1.29 is 28.5 Å². The first-order valence-electron chi connectivity index (χ1n) is 19.1. The maximum absolute atomic E-state index is 14.0. The average molecular weight is 710 g/mol. The zero-order valence-corrected chi connectivity index (χ0v) is 33.7. The molecule has 8 heteroatoms. The number of carbonyl (C=O) groups is 1. The predicted molar refractivity (Wildman–Crippen MR) is 204 cm³/mol. The number of aliphatic hydroxyl groups is 1. The average Bonchev–Trinajstić information content (AvgIpc) is 3.51. The summed E-state index contributed by atoms with van der Waals surface area (Å²) in [5.41, 5.74) is 1.46. The monoisotopic (exact) mass is 709 g/mol. The van der Waals surface area contributed by atoms with E-state index in [1.165, 1.54) is 0 Å². The molecular weight excluding hydrogens is 643 g/mol. The maximum Gasteiger partial charge on any atom is 0.308 e. The molecule has 0 spiro atoms. The Hall–Kier alpha value is -2.44. The summed E-state index contributed by atoms with van der Waals surface area (Å²) in [6.45, 7) is 21.2. The van der Waals surface area contributed by atoms with Crippen LogP contribution in [0.5, 0.6) is 5.75 Å². The molecule has 1 N–H and O–H groups in total. The van der Waals surface area contributed by atoms with Crippen LogP contribution in [0.4, 0.5) is 0 Å². The number of hydrogen-bond donors (Lipinski definition) is 1. The second-order valence-electron chi connectivity index (χ2n) is 17.1. The molecule has 1 aliphatic carbocycles. The van der Waals surface area contributed by atoms with E-state index < -0.39 is 14.4 Å². The van der Waals surface area contributed by atoms with E-state index in [0.717, 1.165) is 49.8 Å². The van der Waals surface area contributed by atoms with Crippen molar-refractivity contribution >= 4 is 14.3 Å². The summed E-state index contributed by atoms with van der Waals surface area (Å²) in [5.74, 6) is 2.00. The molecule has 0 aromatic heterocycles. The molecule has 0 saturated heterocycles. The zero-order chi connectivity index (χ0) is 37.1. The van der Waals surface area contributed by atoms with Crippen LogP contribution in [0.2, 0.25) is 18.1 Å². The van der Waals surface area contributed by atoms with Gasteiger partial charge in [-0.15, -0.1) is 0 Å². The molecule has 0 radical (unpaired) electrons. The van der Waals surface area contributed by atoms with Crippen LogP contribution in [-0.2, 0) is 25.3 Å². The van der Waals surface area contributed by atoms with Crippen molar-refractivity contribution in [2.24, 2.45) is 35.5 Å². The second kappa shape index (κ2) is 19.4. The molecule has 0 unspecified atom stereocenters. The molecule has 2 aliphatic rings. The number of esters is 1. The molecular formula is C42H67NO6Si. The highest BCUT2D eigenvalue weighted by atomic mass is 28.4. The summed E-state index contributed by atoms with van der Waals surface area (Å²) in [5, 5.41) is 21.0. The maximum atomic E-state index is 14.0. The zero-order valence-electron chi connectivity index (χ0n) is 32.7. The number of ether oxygens (including phenoxy) is 3. The van der Waals surface area contributed by atoms with Crippen molar-refractivity contribution in [1.29, 1.82) is 5.26 Å². The smallest absolute Gasteiger partial charge is 0.308 e. The van der Waals surface area contributed by atoms with Gasteiger partial charge in [-0.2, -0.15) is 5.26 Å². The molecule has 1 heterocycles. The van der Waals surface area contributed by atoms with Crippen LogP contribution in [0.1, 0.15) is 105 Å². The van der Waals surface area contributed by atoms with E-state index in [-0.39, 0.29) is 53.3 Å². The lowest BCUT2D eigenvalue weighted by Crippen LogP contribution is -2.46. The number of methoxy groups -OCH3 is 1. The second-order valence-corrected chi connectivity index (χ2v) is 21.8. The van der Waals surface area contributed by atoms with Gasteiger partial charge in [0.2, 0.25) is 0 Å². The molecule has 1 aromatic rings. The van der Waals surface area contributed by atoms with E-state index in [1.54, 1.807) is 13.2 Å². The van der Waals surface area contributed by atoms with Crippen LogP contribution < -0.4 is 4.74 Å². The lowest BCUT2D eigenvalue weighted by molar-refractivity contribution is -0.155. The molecule has 0 amide bonds. The topological polar surface area (TPSA) is 98.0 Å². The van der Waals surface area contributed by atoms with Crippen molar-refractivity contribution in [3.05, 3.63) is 53.6 Å². The minimum Gasteiger partial charge on any atom is -0.497 e. The van der Waals surface area contributed by atoms with Crippen LogP contribution in [0.15, 0.2) is 48.1 Å². The minimum absolute atomic E-state index is 0.0196. The summed E-state index contributed by atoms with van der Waals surface area (Å²) in [6.07, 6.45) is 10.8. The van der Waals surface area contributed by atoms with E-state index in [9.17, 15) is 15.2 Å². The van der Waals surface area contributed by atoms with Gasteiger partial charge in [-0.05, 0) is 104 Å². The van der Waals surface area contributed by atoms with Gasteiger partial charge in [-0.3, -0.25) is 4.79 Å². The first-order valence-corrected chi connectivity index (χ1v) is 22.0. The van der Waals surface area contributed by atoms with Crippen molar-refractivity contribution in [2.45, 2.75) is 143 Å². The van der Waals surface area contributed by atoms with Crippen molar-refractivity contribution in [3.8, 4) is 11.8 Å². The molecule has 7 nitrogen and oxygen atoms in total. The predicted octanol–water partition coefficient (Wildman–Crippen LogP) is 9.81. The summed E-state index contributed by atoms with van der Waals surface area (Å²) in [7, 11) is -0.504. The number of nitriles is 1. The number of rotatable bonds is 8. The number of cyclic esters (lactones) is 1. The van der Waals surface area contributed by atoms with Crippen LogP contribution in [0.3, 0.4) is 0 Å². The van der Waals surface area contributed by atoms with E-state index in [1.807, 2.05) is 43.3 Å². The molecule has 3 rings (SSSR count). The fraction of sp³-hybridized carbons (Fsp3) is 0.714. The van der Waals surface area contributed by atoms with Crippen LogP contribution in [-0.4, -0.2) is 51.4 Å². The van der Waals surface area contributed by atoms with Gasteiger partial charge in [0.15, 0.2) is 8.32 Å². The van der Waals surface area contributed by atoms with E-state index in [2.05, 4.69) is 60.7 Å². The first kappa shape index (κ1) is 42.0. The Bertz CT molecular complexity index is 1290. The van der Waals surface area contributed by atoms with Gasteiger partial charge in [-0.25, -0.2) is 0 Å². The Morgan fingerprint density at radius 3 is 2.28 bits per heavy atom. The third-order valence-electron chi connectivity index (χ3n) is 11.6. The Balaban J connectivity index is 1.88. The fourth-order valence-electron chi connectivity index (χ4n) is 7.74. The summed E-state index contributed by atoms with van der Waals surface area (Å²) in [6, 6.07) is 10.2. The van der Waals surface area contributed by atoms with Crippen LogP contribution in [0.25, 0.3) is 0 Å². The van der Waals surface area contributed by atoms with Gasteiger partial charge < -0.3 is 23.7 Å². The Labute approximate surface area is 304 Å². The van der Waals surface area contributed by atoms with E-state index >= 15 is 0 Å². The molecule has 9 atom stereocenters. The van der Waals surface area contributed by atoms with Gasteiger partial charge >= 0.3 is 5.97 Å². The lowest BCUT2D eigenvalue weighted by atomic mass is 9.82. The fourth-order valence-corrected chi connectivity index (χ4v) is 9.17. The summed E-state index contributed by atoms with van der Waals surface area (Å²) in [4.78, 5) is 14.0. The normalized spacial score (nSPS) is 32.9. The highest BCUT2D eigenvalue weighted by Crippen LogP contribution is 2.41. The molecule has 280 valence electrons. The van der Waals surface area contributed by atoms with Gasteiger partial charge in [0.1, 0.15) is 11.9 Å². The SMILES string of the molecule is COc1ccc(COC[C@@H]2CCC[C@H]2[C@@H]2C/C=C/C=C(/C#N)[C@H](O)[C@@H](C)C[C@H](C)C[C@H](C)C[C@H](C)[C@@H](O[Si](C)(C)C(C)(C)C)CC(=O)O2)cc1. The number of aliphatic hydroxyl groups excluding tert-OH is 1. The largest absolute Gasteiger partial charge is 0.497 e. The Morgan fingerprint density at radius 2 is 1.66 bits per heavy atom. The molecule has 1 saturated carbocycles. The third-order valence-corrected chi connectivity index (χ3v) is 16.1. The number of hydrogen-bond acceptors (Lipinski definition) is 7. The van der Waals surface area contributed by atoms with E-state index in [0.29, 0.717) is 37.0 Å². The molecule has 0 bridgehead atoms. The molecule has 1 fully saturated rings. The number of benzene rings is 1. The highest BCUT2D eigenvalue weighted by Gasteiger charge is 2.42. The Kier molecular flexibility index (Phi) is 16.3. The Morgan fingerprint density at radius 1 is 1.00 bits per heavy atom. The standard InChI is InChI=1S/C42H67NO6Si/c1-29-22-30(2)24-32(4)41(45)34(26-43)14-11-12-17-38(48-40(44)25-39(31(3)23-29)49-50(9,10)42(5,6)7)37-16-13-15-35(37)28-47-27-33-18-20-36(46-8)21-19-33/h11-12,14,18-21,29-32,35,37-39,41,45H,13,15-17,22-25,27-28H2,1-10H3/b12-11+,34-14-/t29-,30+,31-,32-,35-,37+,38-,39-,41+/m0/s1. The van der Waals surface area contributed by atoms with Crippen molar-refractivity contribution in [3.63, 3.8) is 0 Å². The van der Waals surface area contributed by atoms with E-state index in [4.69, 9.17) is 18.6 Å². The van der Waals surface area contributed by atoms with Crippen LogP contribution >= 0.6 is 0 Å². The first-order chi connectivity index (χ1) is 23.5. The van der Waals surface area contributed by atoms with Crippen molar-refractivity contribution in [2.75, 3.05) is 13.7 Å². The number of allylic oxidation sites excluding steroid dienone is 2. The van der Waals surface area contributed by atoms with Gasteiger partial charge in [0.05, 0.1) is 50.6 Å². The van der Waals surface area contributed by atoms with Gasteiger partial charge in [0, 0.05) is 12.3 Å². The molecule has 1 aromatic carbocycles. The highest BCUT2D eigenvalue weighted by molar-refractivity contribution is 6.74. The summed E-state index contributed by atoms with van der Waals surface area (Å²) >= 11 is 0. The number of carbonyl (C=O) groups excluding carboxylic acids is 1.